The summed E-state index contributed by atoms with van der Waals surface area (Å²) < 4.78 is 5.12. The molecule has 2 heteroatoms. The maximum atomic E-state index is 11.2. The van der Waals surface area contributed by atoms with Crippen molar-refractivity contribution >= 4 is 5.97 Å². The molecule has 0 unspecified atom stereocenters. The van der Waals surface area contributed by atoms with Crippen LogP contribution in [0.3, 0.4) is 0 Å². The molecule has 0 N–H and O–H groups in total. The van der Waals surface area contributed by atoms with E-state index in [0.717, 1.165) is 12.8 Å². The molecule has 1 heterocycles. The second kappa shape index (κ2) is 3.24. The van der Waals surface area contributed by atoms with Gasteiger partial charge in [-0.1, -0.05) is 13.8 Å². The first kappa shape index (κ1) is 8.57. The lowest BCUT2D eigenvalue weighted by molar-refractivity contribution is -0.161. The van der Waals surface area contributed by atoms with Gasteiger partial charge in [-0.3, -0.25) is 4.79 Å². The van der Waals surface area contributed by atoms with Gasteiger partial charge in [0.15, 0.2) is 0 Å². The van der Waals surface area contributed by atoms with E-state index in [-0.39, 0.29) is 18.0 Å². The van der Waals surface area contributed by atoms with E-state index in [1.165, 1.54) is 0 Å². The zero-order chi connectivity index (χ0) is 8.43. The van der Waals surface area contributed by atoms with Crippen LogP contribution in [0.15, 0.2) is 0 Å². The van der Waals surface area contributed by atoms with Gasteiger partial charge >= 0.3 is 5.97 Å². The van der Waals surface area contributed by atoms with E-state index >= 15 is 0 Å². The van der Waals surface area contributed by atoms with Crippen molar-refractivity contribution in [2.45, 2.75) is 39.7 Å². The van der Waals surface area contributed by atoms with Crippen molar-refractivity contribution in [2.24, 2.45) is 11.8 Å². The van der Waals surface area contributed by atoms with Gasteiger partial charge in [-0.15, -0.1) is 0 Å². The van der Waals surface area contributed by atoms with Crippen LogP contribution >= 0.6 is 0 Å². The Labute approximate surface area is 67.9 Å². The molecular formula is C9H16O2. The fourth-order valence-corrected chi connectivity index (χ4v) is 1.48. The molecule has 2 nitrogen and oxygen atoms in total. The zero-order valence-electron chi connectivity index (χ0n) is 7.46. The molecule has 0 aromatic heterocycles. The molecule has 0 bridgehead atoms. The van der Waals surface area contributed by atoms with E-state index in [9.17, 15) is 4.79 Å². The minimum atomic E-state index is -0.00116. The van der Waals surface area contributed by atoms with E-state index in [2.05, 4.69) is 13.8 Å². The van der Waals surface area contributed by atoms with E-state index in [1.54, 1.807) is 0 Å². The number of cyclic esters (lactones) is 1. The molecule has 0 aromatic carbocycles. The van der Waals surface area contributed by atoms with E-state index < -0.39 is 0 Å². The Kier molecular flexibility index (Phi) is 2.53. The second-order valence-corrected chi connectivity index (χ2v) is 3.68. The molecule has 1 aliphatic heterocycles. The Bertz CT molecular complexity index is 152. The fourth-order valence-electron chi connectivity index (χ4n) is 1.48. The van der Waals surface area contributed by atoms with Crippen LogP contribution in [0.4, 0.5) is 0 Å². The topological polar surface area (TPSA) is 26.3 Å². The van der Waals surface area contributed by atoms with Gasteiger partial charge in [0.25, 0.3) is 0 Å². The van der Waals surface area contributed by atoms with Crippen LogP contribution in [-0.2, 0) is 9.53 Å². The molecule has 0 aliphatic carbocycles. The van der Waals surface area contributed by atoms with E-state index in [1.807, 2.05) is 6.92 Å². The predicted octanol–water partition coefficient (Wildman–Crippen LogP) is 1.98. The average molecular weight is 156 g/mol. The lowest BCUT2D eigenvalue weighted by Crippen LogP contribution is -2.32. The van der Waals surface area contributed by atoms with Gasteiger partial charge in [0.2, 0.25) is 0 Å². The number of carbonyl (C=O) groups is 1. The molecule has 1 fully saturated rings. The Morgan fingerprint density at radius 1 is 1.45 bits per heavy atom. The first-order valence-electron chi connectivity index (χ1n) is 4.31. The average Bonchev–Trinajstić information content (AvgIpc) is 1.85. The van der Waals surface area contributed by atoms with Gasteiger partial charge in [-0.2, -0.15) is 0 Å². The number of hydrogen-bond donors (Lipinski definition) is 0. The van der Waals surface area contributed by atoms with Gasteiger partial charge in [0.05, 0.1) is 12.0 Å². The summed E-state index contributed by atoms with van der Waals surface area (Å²) >= 11 is 0. The quantitative estimate of drug-likeness (QED) is 0.543. The molecular weight excluding hydrogens is 140 g/mol. The third-order valence-corrected chi connectivity index (χ3v) is 2.31. The minimum absolute atomic E-state index is 0.00116. The van der Waals surface area contributed by atoms with Crippen LogP contribution in [0.2, 0.25) is 0 Å². The minimum Gasteiger partial charge on any atom is -0.462 e. The van der Waals surface area contributed by atoms with Gasteiger partial charge in [-0.25, -0.2) is 0 Å². The highest BCUT2D eigenvalue weighted by Crippen LogP contribution is 2.25. The Morgan fingerprint density at radius 2 is 2.09 bits per heavy atom. The smallest absolute Gasteiger partial charge is 0.309 e. The summed E-state index contributed by atoms with van der Waals surface area (Å²) in [5.74, 6) is 0.569. The van der Waals surface area contributed by atoms with Crippen molar-refractivity contribution in [3.05, 3.63) is 0 Å². The number of carbonyl (C=O) groups excluding carboxylic acids is 1. The highest BCUT2D eigenvalue weighted by atomic mass is 16.5. The molecule has 1 saturated heterocycles. The van der Waals surface area contributed by atoms with Crippen molar-refractivity contribution in [1.29, 1.82) is 0 Å². The highest BCUT2D eigenvalue weighted by molar-refractivity contribution is 5.73. The predicted molar refractivity (Wildman–Crippen MR) is 43.1 cm³/mol. The van der Waals surface area contributed by atoms with Crippen molar-refractivity contribution in [3.63, 3.8) is 0 Å². The molecule has 1 aliphatic rings. The Hall–Kier alpha value is -0.530. The third kappa shape index (κ3) is 1.95. The van der Waals surface area contributed by atoms with Crippen molar-refractivity contribution in [2.75, 3.05) is 0 Å². The number of esters is 1. The highest BCUT2D eigenvalue weighted by Gasteiger charge is 2.29. The molecule has 11 heavy (non-hydrogen) atoms. The summed E-state index contributed by atoms with van der Waals surface area (Å²) in [5.41, 5.74) is 0. The van der Waals surface area contributed by atoms with Crippen LogP contribution in [0.1, 0.15) is 33.6 Å². The number of rotatable bonds is 1. The first-order valence-corrected chi connectivity index (χ1v) is 4.31. The van der Waals surface area contributed by atoms with E-state index in [0.29, 0.717) is 5.92 Å². The molecule has 1 rings (SSSR count). The Morgan fingerprint density at radius 3 is 2.55 bits per heavy atom. The zero-order valence-corrected chi connectivity index (χ0v) is 7.46. The van der Waals surface area contributed by atoms with Crippen molar-refractivity contribution < 1.29 is 9.53 Å². The molecule has 0 saturated carbocycles. The molecule has 2 atom stereocenters. The Balaban J connectivity index is 2.51. The maximum absolute atomic E-state index is 11.2. The largest absolute Gasteiger partial charge is 0.462 e. The summed E-state index contributed by atoms with van der Waals surface area (Å²) in [4.78, 5) is 11.2. The van der Waals surface area contributed by atoms with Gasteiger partial charge in [0, 0.05) is 0 Å². The lowest BCUT2D eigenvalue weighted by Gasteiger charge is -2.27. The summed E-state index contributed by atoms with van der Waals surface area (Å²) in [5, 5.41) is 0. The summed E-state index contributed by atoms with van der Waals surface area (Å²) in [6.07, 6.45) is 2.16. The number of hydrogen-bond acceptors (Lipinski definition) is 2. The van der Waals surface area contributed by atoms with Crippen LogP contribution in [0.25, 0.3) is 0 Å². The van der Waals surface area contributed by atoms with E-state index in [4.69, 9.17) is 4.74 Å². The standard InChI is InChI=1S/C9H16O2/c1-6(2)8-5-4-7(3)11-9(8)10/h6-8H,4-5H2,1-3H3/t7-,8+/m1/s1. The fraction of sp³-hybridized carbons (Fsp3) is 0.889. The van der Waals surface area contributed by atoms with Crippen LogP contribution in [-0.4, -0.2) is 12.1 Å². The van der Waals surface area contributed by atoms with Crippen LogP contribution < -0.4 is 0 Å². The third-order valence-electron chi connectivity index (χ3n) is 2.31. The summed E-state index contributed by atoms with van der Waals surface area (Å²) in [7, 11) is 0. The lowest BCUT2D eigenvalue weighted by atomic mass is 9.88. The molecule has 64 valence electrons. The van der Waals surface area contributed by atoms with Crippen LogP contribution in [0.5, 0.6) is 0 Å². The molecule has 0 aromatic rings. The van der Waals surface area contributed by atoms with Crippen molar-refractivity contribution in [3.8, 4) is 0 Å². The number of ether oxygens (including phenoxy) is 1. The summed E-state index contributed by atoms with van der Waals surface area (Å²) in [6.45, 7) is 6.10. The SMILES string of the molecule is CC(C)[C@@H]1CC[C@@H](C)OC1=O. The van der Waals surface area contributed by atoms with Gasteiger partial charge < -0.3 is 4.74 Å². The molecule has 0 radical (unpaired) electrons. The monoisotopic (exact) mass is 156 g/mol. The van der Waals surface area contributed by atoms with Gasteiger partial charge in [-0.05, 0) is 25.7 Å². The molecule has 0 spiro atoms. The van der Waals surface area contributed by atoms with Gasteiger partial charge in [0.1, 0.15) is 0 Å². The summed E-state index contributed by atoms with van der Waals surface area (Å²) in [6, 6.07) is 0. The molecule has 0 amide bonds. The maximum Gasteiger partial charge on any atom is 0.309 e. The van der Waals surface area contributed by atoms with Crippen LogP contribution in [0, 0.1) is 11.8 Å². The first-order chi connectivity index (χ1) is 5.11. The van der Waals surface area contributed by atoms with Crippen molar-refractivity contribution in [1.82, 2.24) is 0 Å². The second-order valence-electron chi connectivity index (χ2n) is 3.68. The normalized spacial score (nSPS) is 32.2.